The Morgan fingerprint density at radius 3 is 1.03 bits per heavy atom. The van der Waals surface area contributed by atoms with Crippen LogP contribution in [0.25, 0.3) is 0 Å². The van der Waals surface area contributed by atoms with Gasteiger partial charge in [-0.25, -0.2) is 0 Å². The van der Waals surface area contributed by atoms with Crippen molar-refractivity contribution >= 4 is 11.9 Å². The van der Waals surface area contributed by atoms with Gasteiger partial charge in [-0.15, -0.1) is 0 Å². The molecule has 6 heteroatoms. The molecule has 0 spiro atoms. The Morgan fingerprint density at radius 1 is 0.391 bits per heavy atom. The number of allylic oxidation sites excluding steroid dienone is 4. The minimum absolute atomic E-state index is 0.00410. The smallest absolute Gasteiger partial charge is 0.305 e. The van der Waals surface area contributed by atoms with Crippen LogP contribution in [0.15, 0.2) is 24.3 Å². The lowest BCUT2D eigenvalue weighted by atomic mass is 10.0. The SMILES string of the molecule is CCCCCCCCC/C=C\CCCCCCCCCC(=O)OCCCCCCCC/C=C\CCCCCCCCCC(=O)NC(CO)C(O)CCCCCCCCCCCCCCCCCCC. The zero-order valence-electron chi connectivity index (χ0n) is 46.6. The topological polar surface area (TPSA) is 95.9 Å². The Bertz CT molecular complexity index is 1080. The molecule has 0 fully saturated rings. The zero-order chi connectivity index (χ0) is 50.0. The second kappa shape index (κ2) is 58.9. The van der Waals surface area contributed by atoms with Crippen molar-refractivity contribution in [3.05, 3.63) is 24.3 Å². The molecule has 6 nitrogen and oxygen atoms in total. The average molecular weight is 973 g/mol. The summed E-state index contributed by atoms with van der Waals surface area (Å²) in [6, 6.07) is -0.551. The van der Waals surface area contributed by atoms with Crippen LogP contribution in [0.2, 0.25) is 0 Å². The van der Waals surface area contributed by atoms with E-state index in [1.807, 2.05) is 0 Å². The first-order chi connectivity index (χ1) is 34.0. The molecule has 69 heavy (non-hydrogen) atoms. The van der Waals surface area contributed by atoms with Crippen LogP contribution in [-0.4, -0.2) is 47.4 Å². The van der Waals surface area contributed by atoms with Crippen molar-refractivity contribution in [2.75, 3.05) is 13.2 Å². The lowest BCUT2D eigenvalue weighted by Gasteiger charge is -2.22. The van der Waals surface area contributed by atoms with E-state index in [1.165, 1.54) is 250 Å². The van der Waals surface area contributed by atoms with Crippen molar-refractivity contribution in [2.45, 2.75) is 353 Å². The normalized spacial score (nSPS) is 12.7. The van der Waals surface area contributed by atoms with Gasteiger partial charge in [0.1, 0.15) is 0 Å². The van der Waals surface area contributed by atoms with E-state index in [4.69, 9.17) is 4.74 Å². The fourth-order valence-corrected chi connectivity index (χ4v) is 9.69. The highest BCUT2D eigenvalue weighted by Crippen LogP contribution is 2.17. The molecule has 0 aromatic heterocycles. The molecule has 0 saturated heterocycles. The summed E-state index contributed by atoms with van der Waals surface area (Å²) in [5.41, 5.74) is 0. The molecule has 3 N–H and O–H groups in total. The van der Waals surface area contributed by atoms with Crippen molar-refractivity contribution in [1.29, 1.82) is 0 Å². The summed E-state index contributed by atoms with van der Waals surface area (Å²) >= 11 is 0. The van der Waals surface area contributed by atoms with Crippen molar-refractivity contribution in [1.82, 2.24) is 5.32 Å². The fraction of sp³-hybridized carbons (Fsp3) is 0.905. The van der Waals surface area contributed by atoms with Crippen LogP contribution >= 0.6 is 0 Å². The van der Waals surface area contributed by atoms with E-state index in [-0.39, 0.29) is 18.5 Å². The lowest BCUT2D eigenvalue weighted by Crippen LogP contribution is -2.45. The molecule has 0 aromatic rings. The molecule has 0 saturated carbocycles. The summed E-state index contributed by atoms with van der Waals surface area (Å²) in [4.78, 5) is 24.6. The maximum Gasteiger partial charge on any atom is 0.305 e. The fourth-order valence-electron chi connectivity index (χ4n) is 9.69. The Hall–Kier alpha value is -1.66. The molecule has 408 valence electrons. The largest absolute Gasteiger partial charge is 0.466 e. The van der Waals surface area contributed by atoms with Crippen LogP contribution in [-0.2, 0) is 14.3 Å². The minimum Gasteiger partial charge on any atom is -0.466 e. The maximum atomic E-state index is 12.5. The highest BCUT2D eigenvalue weighted by molar-refractivity contribution is 5.76. The summed E-state index contributed by atoms with van der Waals surface area (Å²) in [5.74, 6) is -0.0489. The molecule has 0 aromatic carbocycles. The molecule has 0 radical (unpaired) electrons. The van der Waals surface area contributed by atoms with Crippen LogP contribution in [0.3, 0.4) is 0 Å². The standard InChI is InChI=1S/C63H121NO5/c1-3-5-7-9-11-13-15-17-19-21-25-29-33-37-41-45-49-53-57-63(68)69-58-54-50-46-42-38-34-30-26-22-24-28-32-36-40-44-48-52-56-62(67)64-60(59-65)61(66)55-51-47-43-39-35-31-27-23-20-18-16-14-12-10-8-6-4-2/h19,21-22,26,60-61,65-66H,3-18,20,23-25,27-59H2,1-2H3,(H,64,67)/b21-19-,26-22-. The summed E-state index contributed by atoms with van der Waals surface area (Å²) < 4.78 is 5.48. The highest BCUT2D eigenvalue weighted by atomic mass is 16.5. The molecule has 0 heterocycles. The Kier molecular flexibility index (Phi) is 57.5. The summed E-state index contributed by atoms with van der Waals surface area (Å²) in [7, 11) is 0. The number of carbonyl (C=O) groups excluding carboxylic acids is 2. The van der Waals surface area contributed by atoms with Crippen molar-refractivity contribution in [2.24, 2.45) is 0 Å². The van der Waals surface area contributed by atoms with E-state index in [9.17, 15) is 19.8 Å². The molecule has 0 rings (SSSR count). The number of nitrogens with one attached hydrogen (secondary N) is 1. The number of rotatable bonds is 58. The average Bonchev–Trinajstić information content (AvgIpc) is 3.35. The van der Waals surface area contributed by atoms with Crippen LogP contribution in [0, 0.1) is 0 Å². The van der Waals surface area contributed by atoms with E-state index < -0.39 is 12.1 Å². The molecule has 0 bridgehead atoms. The molecule has 0 aliphatic heterocycles. The molecule has 0 aliphatic carbocycles. The molecule has 1 amide bonds. The number of ether oxygens (including phenoxy) is 1. The van der Waals surface area contributed by atoms with Crippen LogP contribution < -0.4 is 5.32 Å². The Morgan fingerprint density at radius 2 is 0.681 bits per heavy atom. The lowest BCUT2D eigenvalue weighted by molar-refractivity contribution is -0.143. The second-order valence-electron chi connectivity index (χ2n) is 21.4. The maximum absolute atomic E-state index is 12.5. The third-order valence-electron chi connectivity index (χ3n) is 14.5. The molecular weight excluding hydrogens is 851 g/mol. The number of amides is 1. The molecule has 2 atom stereocenters. The van der Waals surface area contributed by atoms with Gasteiger partial charge in [-0.3, -0.25) is 9.59 Å². The van der Waals surface area contributed by atoms with Gasteiger partial charge in [-0.05, 0) is 77.0 Å². The van der Waals surface area contributed by atoms with Crippen molar-refractivity contribution in [3.8, 4) is 0 Å². The number of hydrogen-bond donors (Lipinski definition) is 3. The number of aliphatic hydroxyl groups excluding tert-OH is 2. The minimum atomic E-state index is -0.672. The molecule has 0 aliphatic rings. The van der Waals surface area contributed by atoms with Gasteiger partial charge in [-0.2, -0.15) is 0 Å². The summed E-state index contributed by atoms with van der Waals surface area (Å²) in [6.45, 7) is 4.95. The van der Waals surface area contributed by atoms with Crippen molar-refractivity contribution < 1.29 is 24.5 Å². The van der Waals surface area contributed by atoms with Crippen LogP contribution in [0.1, 0.15) is 341 Å². The van der Waals surface area contributed by atoms with Gasteiger partial charge in [0.25, 0.3) is 0 Å². The first-order valence-electron chi connectivity index (χ1n) is 31.1. The van der Waals surface area contributed by atoms with Crippen molar-refractivity contribution in [3.63, 3.8) is 0 Å². The first-order valence-corrected chi connectivity index (χ1v) is 31.1. The van der Waals surface area contributed by atoms with Gasteiger partial charge in [0.15, 0.2) is 0 Å². The van der Waals surface area contributed by atoms with Gasteiger partial charge in [-0.1, -0.05) is 276 Å². The number of esters is 1. The van der Waals surface area contributed by atoms with E-state index in [1.54, 1.807) is 0 Å². The molecular formula is C63H121NO5. The predicted octanol–water partition coefficient (Wildman–Crippen LogP) is 19.4. The van der Waals surface area contributed by atoms with Gasteiger partial charge in [0.2, 0.25) is 5.91 Å². The quantitative estimate of drug-likeness (QED) is 0.0321. The third-order valence-corrected chi connectivity index (χ3v) is 14.5. The van der Waals surface area contributed by atoms with E-state index >= 15 is 0 Å². The summed E-state index contributed by atoms with van der Waals surface area (Å²) in [6.07, 6.45) is 71.8. The first kappa shape index (κ1) is 67.3. The van der Waals surface area contributed by atoms with Gasteiger partial charge >= 0.3 is 5.97 Å². The zero-order valence-corrected chi connectivity index (χ0v) is 46.6. The van der Waals surface area contributed by atoms with Crippen LogP contribution in [0.5, 0.6) is 0 Å². The number of carbonyl (C=O) groups is 2. The highest BCUT2D eigenvalue weighted by Gasteiger charge is 2.20. The van der Waals surface area contributed by atoms with Gasteiger partial charge in [0, 0.05) is 12.8 Å². The van der Waals surface area contributed by atoms with E-state index in [0.717, 1.165) is 57.8 Å². The number of aliphatic hydroxyl groups is 2. The van der Waals surface area contributed by atoms with Gasteiger partial charge in [0.05, 0.1) is 25.4 Å². The van der Waals surface area contributed by atoms with E-state index in [2.05, 4.69) is 43.5 Å². The Balaban J connectivity index is 3.44. The van der Waals surface area contributed by atoms with Crippen LogP contribution in [0.4, 0.5) is 0 Å². The second-order valence-corrected chi connectivity index (χ2v) is 21.4. The molecule has 2 unspecified atom stereocenters. The predicted molar refractivity (Wildman–Crippen MR) is 301 cm³/mol. The monoisotopic (exact) mass is 972 g/mol. The van der Waals surface area contributed by atoms with E-state index in [0.29, 0.717) is 25.9 Å². The number of unbranched alkanes of at least 4 members (excludes halogenated alkanes) is 43. The summed E-state index contributed by atoms with van der Waals surface area (Å²) in [5, 5.41) is 23.3. The van der Waals surface area contributed by atoms with Gasteiger partial charge < -0.3 is 20.3 Å². The Labute approximate surface area is 431 Å². The number of hydrogen-bond acceptors (Lipinski definition) is 5. The third kappa shape index (κ3) is 55.5.